The van der Waals surface area contributed by atoms with Gasteiger partial charge in [0, 0.05) is 0 Å². The fourth-order valence-corrected chi connectivity index (χ4v) is 4.50. The molecule has 1 saturated heterocycles. The molecule has 1 fully saturated rings. The Morgan fingerprint density at radius 1 is 1.00 bits per heavy atom. The summed E-state index contributed by atoms with van der Waals surface area (Å²) in [5.41, 5.74) is -2.02. The molecule has 4 rings (SSSR count). The molecule has 2 unspecified atom stereocenters. The van der Waals surface area contributed by atoms with Crippen LogP contribution in [0.4, 0.5) is 26.3 Å². The topological polar surface area (TPSA) is 51.4 Å². The van der Waals surface area contributed by atoms with E-state index in [9.17, 15) is 26.3 Å². The maximum Gasteiger partial charge on any atom is 0.416 e. The number of halogens is 7. The number of alkyl halides is 6. The summed E-state index contributed by atoms with van der Waals surface area (Å²) in [5, 5.41) is 3.72. The quantitative estimate of drug-likeness (QED) is 0.309. The van der Waals surface area contributed by atoms with Crippen molar-refractivity contribution in [3.8, 4) is 0 Å². The molecule has 1 aliphatic heterocycles. The molecule has 0 N–H and O–H groups in total. The second kappa shape index (κ2) is 10.3. The number of ether oxygens (including phenoxy) is 1. The molecule has 0 bridgehead atoms. The summed E-state index contributed by atoms with van der Waals surface area (Å²) in [6.45, 7) is 0.571. The number of aromatic nitrogens is 2. The van der Waals surface area contributed by atoms with Crippen LogP contribution in [-0.2, 0) is 30.2 Å². The standard InChI is InChI=1S/C23H20BrF6N3O2/c24-21-31-19(35-32-21)12-33-8-4-7-18(20(33)15-5-2-1-3-6-15)34-13-14-9-16(22(25,26)27)11-17(10-14)23(28,29)30/h1-3,5-6,9-11,18,20H,4,7-8,12-13H2. The fraction of sp³-hybridized carbons (Fsp3) is 0.391. The lowest BCUT2D eigenvalue weighted by Gasteiger charge is -2.40. The number of nitrogens with zero attached hydrogens (tertiary/aromatic N) is 3. The van der Waals surface area contributed by atoms with E-state index in [4.69, 9.17) is 9.26 Å². The Bertz CT molecular complexity index is 1100. The molecule has 3 aromatic rings. The van der Waals surface area contributed by atoms with Crippen LogP contribution in [0.5, 0.6) is 0 Å². The Kier molecular flexibility index (Phi) is 7.53. The first-order valence-electron chi connectivity index (χ1n) is 10.7. The van der Waals surface area contributed by atoms with Crippen molar-refractivity contribution in [1.82, 2.24) is 15.0 Å². The van der Waals surface area contributed by atoms with E-state index in [1.807, 2.05) is 30.3 Å². The molecule has 0 radical (unpaired) electrons. The van der Waals surface area contributed by atoms with Crippen LogP contribution in [0.2, 0.25) is 0 Å². The van der Waals surface area contributed by atoms with Crippen LogP contribution in [0.3, 0.4) is 0 Å². The fourth-order valence-electron chi connectivity index (χ4n) is 4.23. The van der Waals surface area contributed by atoms with Crippen LogP contribution in [0, 0.1) is 0 Å². The predicted molar refractivity (Wildman–Crippen MR) is 116 cm³/mol. The maximum absolute atomic E-state index is 13.2. The summed E-state index contributed by atoms with van der Waals surface area (Å²) in [5.74, 6) is 0.367. The number of benzene rings is 2. The Balaban J connectivity index is 1.59. The number of rotatable bonds is 6. The third kappa shape index (κ3) is 6.42. The van der Waals surface area contributed by atoms with E-state index in [1.165, 1.54) is 0 Å². The van der Waals surface area contributed by atoms with Crippen molar-refractivity contribution in [1.29, 1.82) is 0 Å². The first kappa shape index (κ1) is 25.6. The molecule has 35 heavy (non-hydrogen) atoms. The Labute approximate surface area is 205 Å². The van der Waals surface area contributed by atoms with E-state index in [-0.39, 0.29) is 17.7 Å². The molecule has 1 aromatic heterocycles. The van der Waals surface area contributed by atoms with Crippen LogP contribution < -0.4 is 0 Å². The van der Waals surface area contributed by atoms with Crippen molar-refractivity contribution in [2.45, 2.75) is 50.5 Å². The van der Waals surface area contributed by atoms with Gasteiger partial charge in [-0.05, 0) is 69.8 Å². The largest absolute Gasteiger partial charge is 0.416 e. The van der Waals surface area contributed by atoms with E-state index >= 15 is 0 Å². The Morgan fingerprint density at radius 3 is 2.23 bits per heavy atom. The zero-order valence-electron chi connectivity index (χ0n) is 18.1. The second-order valence-corrected chi connectivity index (χ2v) is 8.90. The van der Waals surface area contributed by atoms with Gasteiger partial charge in [-0.2, -0.15) is 31.3 Å². The van der Waals surface area contributed by atoms with Crippen LogP contribution >= 0.6 is 15.9 Å². The average molecular weight is 564 g/mol. The van der Waals surface area contributed by atoms with E-state index in [0.29, 0.717) is 48.7 Å². The van der Waals surface area contributed by atoms with Gasteiger partial charge in [0.25, 0.3) is 0 Å². The van der Waals surface area contributed by atoms with Crippen molar-refractivity contribution < 1.29 is 35.6 Å². The minimum absolute atomic E-state index is 0.112. The maximum atomic E-state index is 13.2. The van der Waals surface area contributed by atoms with Gasteiger partial charge >= 0.3 is 12.4 Å². The molecule has 0 spiro atoms. The zero-order valence-corrected chi connectivity index (χ0v) is 19.7. The highest BCUT2D eigenvalue weighted by atomic mass is 79.9. The number of hydrogen-bond donors (Lipinski definition) is 0. The predicted octanol–water partition coefficient (Wildman–Crippen LogP) is 6.79. The zero-order chi connectivity index (χ0) is 25.2. The van der Waals surface area contributed by atoms with Crippen molar-refractivity contribution in [3.63, 3.8) is 0 Å². The molecular formula is C23H20BrF6N3O2. The monoisotopic (exact) mass is 563 g/mol. The molecule has 0 aliphatic carbocycles. The molecule has 0 amide bonds. The number of piperidine rings is 1. The lowest BCUT2D eigenvalue weighted by Crippen LogP contribution is -2.42. The molecule has 2 heterocycles. The molecule has 0 saturated carbocycles. The van der Waals surface area contributed by atoms with Crippen LogP contribution in [0.15, 0.2) is 57.8 Å². The summed E-state index contributed by atoms with van der Waals surface area (Å²) in [6, 6.07) is 10.5. The summed E-state index contributed by atoms with van der Waals surface area (Å²) >= 11 is 3.14. The summed E-state index contributed by atoms with van der Waals surface area (Å²) in [6.07, 6.45) is -9.03. The first-order chi connectivity index (χ1) is 16.5. The summed E-state index contributed by atoms with van der Waals surface area (Å²) in [7, 11) is 0. The van der Waals surface area contributed by atoms with Gasteiger partial charge in [0.1, 0.15) is 0 Å². The van der Waals surface area contributed by atoms with Gasteiger partial charge in [0.05, 0.1) is 36.4 Å². The molecule has 1 aliphatic rings. The smallest absolute Gasteiger partial charge is 0.372 e. The average Bonchev–Trinajstić information content (AvgIpc) is 3.21. The molecule has 188 valence electrons. The highest BCUT2D eigenvalue weighted by Gasteiger charge is 2.38. The highest BCUT2D eigenvalue weighted by molar-refractivity contribution is 9.10. The second-order valence-electron chi connectivity index (χ2n) is 8.19. The van der Waals surface area contributed by atoms with Crippen molar-refractivity contribution >= 4 is 15.9 Å². The van der Waals surface area contributed by atoms with Crippen molar-refractivity contribution in [2.75, 3.05) is 6.54 Å². The van der Waals surface area contributed by atoms with E-state index in [0.717, 1.165) is 5.56 Å². The Hall–Kier alpha value is -2.44. The summed E-state index contributed by atoms with van der Waals surface area (Å²) in [4.78, 5) is 6.21. The Morgan fingerprint density at radius 2 is 1.66 bits per heavy atom. The molecule has 12 heteroatoms. The van der Waals surface area contributed by atoms with Gasteiger partial charge < -0.3 is 9.26 Å². The normalized spacial score (nSPS) is 19.7. The minimum Gasteiger partial charge on any atom is -0.372 e. The first-order valence-corrected chi connectivity index (χ1v) is 11.5. The number of hydrogen-bond acceptors (Lipinski definition) is 5. The van der Waals surface area contributed by atoms with Gasteiger partial charge in [-0.15, -0.1) is 0 Å². The number of likely N-dealkylation sites (tertiary alicyclic amines) is 1. The SMILES string of the molecule is FC(F)(F)c1cc(COC2CCCN(Cc3nc(Br)no3)C2c2ccccc2)cc(C(F)(F)F)c1. The molecular weight excluding hydrogens is 544 g/mol. The van der Waals surface area contributed by atoms with E-state index in [2.05, 4.69) is 31.0 Å². The van der Waals surface area contributed by atoms with Gasteiger partial charge in [0.15, 0.2) is 0 Å². The lowest BCUT2D eigenvalue weighted by molar-refractivity contribution is -0.143. The highest BCUT2D eigenvalue weighted by Crippen LogP contribution is 2.38. The molecule has 2 aromatic carbocycles. The van der Waals surface area contributed by atoms with E-state index < -0.39 is 36.2 Å². The van der Waals surface area contributed by atoms with Gasteiger partial charge in [-0.1, -0.05) is 30.3 Å². The van der Waals surface area contributed by atoms with E-state index in [1.54, 1.807) is 0 Å². The van der Waals surface area contributed by atoms with Crippen molar-refractivity contribution in [2.24, 2.45) is 0 Å². The lowest BCUT2D eigenvalue weighted by atomic mass is 9.92. The summed E-state index contributed by atoms with van der Waals surface area (Å²) < 4.78 is 90.9. The van der Waals surface area contributed by atoms with Crippen molar-refractivity contribution in [3.05, 3.63) is 81.4 Å². The van der Waals surface area contributed by atoms with Crippen LogP contribution in [-0.4, -0.2) is 27.7 Å². The van der Waals surface area contributed by atoms with Gasteiger partial charge in [-0.3, -0.25) is 4.90 Å². The van der Waals surface area contributed by atoms with Crippen LogP contribution in [0.1, 0.15) is 47.0 Å². The third-order valence-corrected chi connectivity index (χ3v) is 6.04. The molecule has 2 atom stereocenters. The minimum atomic E-state index is -4.91. The third-order valence-electron chi connectivity index (χ3n) is 5.71. The van der Waals surface area contributed by atoms with Gasteiger partial charge in [0.2, 0.25) is 10.6 Å². The van der Waals surface area contributed by atoms with Crippen LogP contribution in [0.25, 0.3) is 0 Å². The van der Waals surface area contributed by atoms with Gasteiger partial charge in [-0.25, -0.2) is 0 Å². The molecule has 5 nitrogen and oxygen atoms in total.